The number of hydrogen-bond acceptors (Lipinski definition) is 5. The number of nitrogens with zero attached hydrogens (tertiary/aromatic N) is 1. The van der Waals surface area contributed by atoms with Gasteiger partial charge in [0.25, 0.3) is 11.1 Å². The van der Waals surface area contributed by atoms with Gasteiger partial charge in [-0.3, -0.25) is 14.4 Å². The minimum atomic E-state index is -0.463. The van der Waals surface area contributed by atoms with Crippen molar-refractivity contribution < 1.29 is 9.21 Å². The molecule has 0 fully saturated rings. The first-order valence-corrected chi connectivity index (χ1v) is 9.99. The van der Waals surface area contributed by atoms with Crippen LogP contribution in [-0.2, 0) is 5.41 Å². The Morgan fingerprint density at radius 2 is 1.72 bits per heavy atom. The predicted octanol–water partition coefficient (Wildman–Crippen LogP) is 1.57. The number of furan rings is 1. The molecular formula is C24H22N4O4. The van der Waals surface area contributed by atoms with Gasteiger partial charge >= 0.3 is 0 Å². The summed E-state index contributed by atoms with van der Waals surface area (Å²) in [6.45, 7) is 6.07. The minimum Gasteiger partial charge on any atom is -0.472 e. The second-order valence-corrected chi connectivity index (χ2v) is 8.40. The number of hydrogen-bond donors (Lipinski definition) is 3. The third kappa shape index (κ3) is 4.29. The summed E-state index contributed by atoms with van der Waals surface area (Å²) < 4.78 is 4.96. The first kappa shape index (κ1) is 21.0. The monoisotopic (exact) mass is 430 g/mol. The quantitative estimate of drug-likeness (QED) is 0.424. The molecule has 0 amide bonds. The number of rotatable bonds is 4. The van der Waals surface area contributed by atoms with E-state index < -0.39 is 11.1 Å². The largest absolute Gasteiger partial charge is 0.472 e. The van der Waals surface area contributed by atoms with Crippen molar-refractivity contribution in [1.82, 2.24) is 19.9 Å². The first-order valence-electron chi connectivity index (χ1n) is 9.99. The van der Waals surface area contributed by atoms with E-state index in [-0.39, 0.29) is 21.9 Å². The lowest BCUT2D eigenvalue weighted by atomic mass is 9.90. The SMILES string of the molecule is CC(C)(C)c1[nH]cnc1/C=c1\[nH]c(=O)/c(=C/c2cccc(C(=O)c3ccoc3)c2)[nH]c1=O. The number of H-pyrrole nitrogens is 3. The van der Waals surface area contributed by atoms with Crippen molar-refractivity contribution in [1.29, 1.82) is 0 Å². The number of benzene rings is 1. The highest BCUT2D eigenvalue weighted by molar-refractivity contribution is 6.09. The number of carbonyl (C=O) groups excluding carboxylic acids is 1. The maximum atomic E-state index is 12.6. The molecule has 0 unspecified atom stereocenters. The van der Waals surface area contributed by atoms with Crippen molar-refractivity contribution in [3.8, 4) is 0 Å². The number of imidazole rings is 1. The van der Waals surface area contributed by atoms with E-state index in [1.54, 1.807) is 42.7 Å². The fourth-order valence-corrected chi connectivity index (χ4v) is 3.34. The Morgan fingerprint density at radius 1 is 1.00 bits per heavy atom. The van der Waals surface area contributed by atoms with Crippen LogP contribution < -0.4 is 21.8 Å². The van der Waals surface area contributed by atoms with Crippen LogP contribution in [0.2, 0.25) is 0 Å². The number of carbonyl (C=O) groups is 1. The first-order chi connectivity index (χ1) is 15.2. The highest BCUT2D eigenvalue weighted by atomic mass is 16.3. The molecule has 4 rings (SSSR count). The van der Waals surface area contributed by atoms with Crippen LogP contribution in [0.25, 0.3) is 12.2 Å². The van der Waals surface area contributed by atoms with Gasteiger partial charge in [-0.05, 0) is 29.8 Å². The van der Waals surface area contributed by atoms with E-state index in [2.05, 4.69) is 19.9 Å². The average Bonchev–Trinajstić information content (AvgIpc) is 3.43. The molecule has 8 nitrogen and oxygen atoms in total. The summed E-state index contributed by atoms with van der Waals surface area (Å²) in [7, 11) is 0. The van der Waals surface area contributed by atoms with Gasteiger partial charge in [0.05, 0.1) is 23.8 Å². The van der Waals surface area contributed by atoms with Crippen LogP contribution in [0.4, 0.5) is 0 Å². The maximum Gasteiger partial charge on any atom is 0.272 e. The molecule has 3 heterocycles. The summed E-state index contributed by atoms with van der Waals surface area (Å²) in [4.78, 5) is 50.3. The number of ketones is 1. The summed E-state index contributed by atoms with van der Waals surface area (Å²) in [6.07, 6.45) is 7.43. The van der Waals surface area contributed by atoms with Crippen molar-refractivity contribution >= 4 is 17.9 Å². The lowest BCUT2D eigenvalue weighted by Crippen LogP contribution is -2.46. The fraction of sp³-hybridized carbons (Fsp3) is 0.167. The Bertz CT molecular complexity index is 1510. The molecule has 0 aliphatic heterocycles. The maximum absolute atomic E-state index is 12.6. The van der Waals surface area contributed by atoms with Gasteiger partial charge in [0, 0.05) is 16.7 Å². The normalized spacial score (nSPS) is 13.0. The lowest BCUT2D eigenvalue weighted by Gasteiger charge is -2.16. The van der Waals surface area contributed by atoms with Crippen LogP contribution >= 0.6 is 0 Å². The fourth-order valence-electron chi connectivity index (χ4n) is 3.34. The molecule has 0 saturated carbocycles. The Hall–Kier alpha value is -4.20. The summed E-state index contributed by atoms with van der Waals surface area (Å²) in [5.74, 6) is -0.199. The topological polar surface area (TPSA) is 125 Å². The van der Waals surface area contributed by atoms with E-state index >= 15 is 0 Å². The van der Waals surface area contributed by atoms with E-state index in [1.165, 1.54) is 18.6 Å². The Morgan fingerprint density at radius 3 is 2.38 bits per heavy atom. The van der Waals surface area contributed by atoms with Crippen molar-refractivity contribution in [2.75, 3.05) is 0 Å². The van der Waals surface area contributed by atoms with Gasteiger partial charge in [-0.2, -0.15) is 0 Å². The highest BCUT2D eigenvalue weighted by Gasteiger charge is 2.19. The van der Waals surface area contributed by atoms with Gasteiger partial charge in [-0.25, -0.2) is 4.98 Å². The summed E-state index contributed by atoms with van der Waals surface area (Å²) in [5, 5.41) is 0.187. The third-order valence-electron chi connectivity index (χ3n) is 4.93. The van der Waals surface area contributed by atoms with Gasteiger partial charge in [0.2, 0.25) is 0 Å². The van der Waals surface area contributed by atoms with Gasteiger partial charge in [0.1, 0.15) is 17.0 Å². The summed E-state index contributed by atoms with van der Waals surface area (Å²) in [6, 6.07) is 8.35. The Kier molecular flexibility index (Phi) is 5.36. The minimum absolute atomic E-state index is 0.0816. The number of aromatic nitrogens is 4. The van der Waals surface area contributed by atoms with E-state index in [9.17, 15) is 14.4 Å². The zero-order valence-electron chi connectivity index (χ0n) is 17.9. The molecular weight excluding hydrogens is 408 g/mol. The second kappa shape index (κ2) is 8.14. The van der Waals surface area contributed by atoms with Gasteiger partial charge in [0.15, 0.2) is 5.78 Å². The van der Waals surface area contributed by atoms with Crippen molar-refractivity contribution in [2.24, 2.45) is 0 Å². The highest BCUT2D eigenvalue weighted by Crippen LogP contribution is 2.22. The average molecular weight is 430 g/mol. The third-order valence-corrected chi connectivity index (χ3v) is 4.93. The van der Waals surface area contributed by atoms with E-state index in [4.69, 9.17) is 4.42 Å². The smallest absolute Gasteiger partial charge is 0.272 e. The molecule has 4 aromatic rings. The molecule has 0 radical (unpaired) electrons. The Balaban J connectivity index is 1.75. The molecule has 0 bridgehead atoms. The van der Waals surface area contributed by atoms with E-state index in [0.717, 1.165) is 5.69 Å². The molecule has 3 N–H and O–H groups in total. The number of aromatic amines is 3. The van der Waals surface area contributed by atoms with Crippen LogP contribution in [0.1, 0.15) is 53.6 Å². The van der Waals surface area contributed by atoms with E-state index in [0.29, 0.717) is 22.4 Å². The zero-order valence-corrected chi connectivity index (χ0v) is 17.9. The molecule has 0 atom stereocenters. The van der Waals surface area contributed by atoms with Crippen LogP contribution in [0.5, 0.6) is 0 Å². The predicted molar refractivity (Wildman–Crippen MR) is 120 cm³/mol. The van der Waals surface area contributed by atoms with Gasteiger partial charge < -0.3 is 19.4 Å². The summed E-state index contributed by atoms with van der Waals surface area (Å²) >= 11 is 0. The molecule has 0 spiro atoms. The van der Waals surface area contributed by atoms with Crippen molar-refractivity contribution in [2.45, 2.75) is 26.2 Å². The molecule has 0 aliphatic rings. The lowest BCUT2D eigenvalue weighted by molar-refractivity contribution is 0.103. The Labute approximate surface area is 182 Å². The standard InChI is InChI=1S/C24H22N4O4/c1-24(2,3)21-17(25-13-26-21)11-19-23(31)27-18(22(30)28-19)10-14-5-4-6-15(9-14)20(29)16-7-8-32-12-16/h4-13H,1-3H3,(H,25,26)(H,27,31)(H,28,30)/b18-10-,19-11-. The molecule has 32 heavy (non-hydrogen) atoms. The number of nitrogens with one attached hydrogen (secondary N) is 3. The van der Waals surface area contributed by atoms with Crippen LogP contribution in [0.3, 0.4) is 0 Å². The molecule has 8 heteroatoms. The summed E-state index contributed by atoms with van der Waals surface area (Å²) in [5.41, 5.74) is 1.79. The second-order valence-electron chi connectivity index (χ2n) is 8.40. The molecule has 3 aromatic heterocycles. The van der Waals surface area contributed by atoms with Gasteiger partial charge in [-0.1, -0.05) is 39.0 Å². The van der Waals surface area contributed by atoms with Crippen LogP contribution in [0, 0.1) is 0 Å². The van der Waals surface area contributed by atoms with Crippen LogP contribution in [0.15, 0.2) is 63.2 Å². The van der Waals surface area contributed by atoms with Gasteiger partial charge in [-0.15, -0.1) is 0 Å². The van der Waals surface area contributed by atoms with Crippen molar-refractivity contribution in [3.05, 3.63) is 109 Å². The zero-order chi connectivity index (χ0) is 22.9. The molecule has 162 valence electrons. The van der Waals surface area contributed by atoms with Crippen LogP contribution in [-0.4, -0.2) is 25.7 Å². The van der Waals surface area contributed by atoms with Crippen molar-refractivity contribution in [3.63, 3.8) is 0 Å². The molecule has 0 saturated heterocycles. The molecule has 1 aromatic carbocycles. The molecule has 0 aliphatic carbocycles. The van der Waals surface area contributed by atoms with E-state index in [1.807, 2.05) is 20.8 Å².